The van der Waals surface area contributed by atoms with E-state index in [-0.39, 0.29) is 23.0 Å². The molecule has 7 nitrogen and oxygen atoms in total. The van der Waals surface area contributed by atoms with Crippen LogP contribution in [0.1, 0.15) is 46.5 Å². The summed E-state index contributed by atoms with van der Waals surface area (Å²) in [5, 5.41) is 15.3. The number of hydrogen-bond acceptors (Lipinski definition) is 4. The van der Waals surface area contributed by atoms with Gasteiger partial charge in [0.05, 0.1) is 24.0 Å². The molecule has 2 unspecified atom stereocenters. The Kier molecular flexibility index (Phi) is 5.26. The summed E-state index contributed by atoms with van der Waals surface area (Å²) in [6.45, 7) is 0. The fraction of sp³-hybridized carbons (Fsp3) is 0.286. The van der Waals surface area contributed by atoms with E-state index in [1.165, 1.54) is 18.3 Å². The van der Waals surface area contributed by atoms with Crippen molar-refractivity contribution >= 4 is 23.1 Å². The van der Waals surface area contributed by atoms with Gasteiger partial charge < -0.3 is 15.7 Å². The van der Waals surface area contributed by atoms with Gasteiger partial charge in [-0.2, -0.15) is 0 Å². The first-order valence-corrected chi connectivity index (χ1v) is 9.55. The van der Waals surface area contributed by atoms with Crippen molar-refractivity contribution < 1.29 is 19.1 Å². The Morgan fingerprint density at radius 3 is 2.79 bits per heavy atom. The normalized spacial score (nSPS) is 19.1. The van der Waals surface area contributed by atoms with Gasteiger partial charge in [0, 0.05) is 11.8 Å². The molecule has 0 radical (unpaired) electrons. The molecule has 0 spiro atoms. The number of aromatic nitrogens is 2. The van der Waals surface area contributed by atoms with Crippen LogP contribution in [-0.2, 0) is 0 Å². The van der Waals surface area contributed by atoms with Crippen LogP contribution in [0.2, 0.25) is 0 Å². The molecule has 3 N–H and O–H groups in total. The third-order valence-electron chi connectivity index (χ3n) is 5.17. The Morgan fingerprint density at radius 1 is 1.14 bits per heavy atom. The lowest BCUT2D eigenvalue weighted by Gasteiger charge is -2.28. The van der Waals surface area contributed by atoms with Crippen LogP contribution in [0.3, 0.4) is 0 Å². The van der Waals surface area contributed by atoms with Crippen molar-refractivity contribution in [3.05, 3.63) is 65.9 Å². The highest BCUT2D eigenvalue weighted by Gasteiger charge is 2.25. The molecule has 1 fully saturated rings. The van der Waals surface area contributed by atoms with E-state index in [2.05, 4.69) is 15.6 Å². The molecule has 0 aliphatic heterocycles. The van der Waals surface area contributed by atoms with Crippen LogP contribution in [0.5, 0.6) is 0 Å². The first-order chi connectivity index (χ1) is 14.0. The fourth-order valence-corrected chi connectivity index (χ4v) is 3.58. The van der Waals surface area contributed by atoms with Gasteiger partial charge in [0.25, 0.3) is 11.8 Å². The molecule has 2 aromatic heterocycles. The third kappa shape index (κ3) is 3.97. The van der Waals surface area contributed by atoms with Crippen molar-refractivity contribution in [2.45, 2.75) is 37.8 Å². The Morgan fingerprint density at radius 2 is 1.97 bits per heavy atom. The van der Waals surface area contributed by atoms with Crippen molar-refractivity contribution in [3.63, 3.8) is 0 Å². The summed E-state index contributed by atoms with van der Waals surface area (Å²) in [5.74, 6) is -1.61. The number of halogens is 1. The average molecular weight is 396 g/mol. The molecule has 4 rings (SSSR count). The predicted molar refractivity (Wildman–Crippen MR) is 105 cm³/mol. The minimum atomic E-state index is -0.651. The van der Waals surface area contributed by atoms with E-state index in [4.69, 9.17) is 0 Å². The molecule has 0 saturated heterocycles. The molecule has 1 aliphatic carbocycles. The molecule has 2 atom stereocenters. The number of fused-ring (bicyclic) bond motifs is 1. The molecular formula is C21H21FN4O3. The van der Waals surface area contributed by atoms with E-state index < -0.39 is 23.7 Å². The number of pyridine rings is 1. The molecule has 1 aromatic carbocycles. The number of carbonyl (C=O) groups excluding carboxylic acids is 2. The minimum absolute atomic E-state index is 0.0993. The smallest absolute Gasteiger partial charge is 0.274 e. The number of carbonyl (C=O) groups is 2. The van der Waals surface area contributed by atoms with Gasteiger partial charge in [0.15, 0.2) is 0 Å². The summed E-state index contributed by atoms with van der Waals surface area (Å²) < 4.78 is 15.9. The molecule has 0 bridgehead atoms. The topological polar surface area (TPSA) is 95.7 Å². The lowest BCUT2D eigenvalue weighted by molar-refractivity contribution is 0.0717. The monoisotopic (exact) mass is 396 g/mol. The Bertz CT molecular complexity index is 1070. The number of benzene rings is 1. The maximum absolute atomic E-state index is 14.3. The van der Waals surface area contributed by atoms with Gasteiger partial charge in [-0.05, 0) is 43.2 Å². The number of rotatable bonds is 4. The van der Waals surface area contributed by atoms with E-state index in [1.807, 2.05) is 0 Å². The second-order valence-corrected chi connectivity index (χ2v) is 7.15. The maximum atomic E-state index is 14.3. The summed E-state index contributed by atoms with van der Waals surface area (Å²) in [6, 6.07) is 8.77. The molecule has 29 heavy (non-hydrogen) atoms. The summed E-state index contributed by atoms with van der Waals surface area (Å²) in [7, 11) is 0. The van der Waals surface area contributed by atoms with Gasteiger partial charge in [-0.25, -0.2) is 9.37 Å². The maximum Gasteiger partial charge on any atom is 0.274 e. The van der Waals surface area contributed by atoms with E-state index in [0.717, 1.165) is 18.9 Å². The highest BCUT2D eigenvalue weighted by molar-refractivity contribution is 6.04. The van der Waals surface area contributed by atoms with E-state index >= 15 is 0 Å². The Labute approximate surface area is 166 Å². The van der Waals surface area contributed by atoms with Crippen LogP contribution in [0.4, 0.5) is 10.1 Å². The predicted octanol–water partition coefficient (Wildman–Crippen LogP) is 2.76. The van der Waals surface area contributed by atoms with Crippen LogP contribution >= 0.6 is 0 Å². The zero-order chi connectivity index (χ0) is 20.4. The molecular weight excluding hydrogens is 375 g/mol. The van der Waals surface area contributed by atoms with Crippen molar-refractivity contribution in [2.24, 2.45) is 0 Å². The lowest BCUT2D eigenvalue weighted by atomic mass is 9.92. The zero-order valence-electron chi connectivity index (χ0n) is 15.6. The highest BCUT2D eigenvalue weighted by Crippen LogP contribution is 2.21. The average Bonchev–Trinajstić information content (AvgIpc) is 3.15. The molecule has 2 amide bonds. The van der Waals surface area contributed by atoms with Crippen molar-refractivity contribution in [2.75, 3.05) is 5.32 Å². The lowest BCUT2D eigenvalue weighted by Crippen LogP contribution is -2.45. The number of nitrogens with one attached hydrogen (secondary N) is 2. The molecule has 1 aliphatic rings. The van der Waals surface area contributed by atoms with Crippen molar-refractivity contribution in [1.29, 1.82) is 0 Å². The Hall–Kier alpha value is -3.26. The van der Waals surface area contributed by atoms with E-state index in [0.29, 0.717) is 18.5 Å². The Balaban J connectivity index is 1.52. The highest BCUT2D eigenvalue weighted by atomic mass is 19.1. The van der Waals surface area contributed by atoms with E-state index in [9.17, 15) is 19.1 Å². The van der Waals surface area contributed by atoms with Crippen molar-refractivity contribution in [3.8, 4) is 0 Å². The number of nitrogens with zero attached hydrogens (tertiary/aromatic N) is 2. The summed E-state index contributed by atoms with van der Waals surface area (Å²) in [5.41, 5.74) is 0.952. The standard InChI is InChI=1S/C21H21FN4O3/c22-14-9-8-13(20(28)24-15-5-1-2-6-18(15)27)11-16(14)25-21(29)17-12-23-19-7-3-4-10-26(17)19/h3-4,7-12,15,18,27H,1-2,5-6H2,(H,24,28)(H,25,29). The summed E-state index contributed by atoms with van der Waals surface area (Å²) in [6.07, 6.45) is 5.73. The number of imidazole rings is 1. The first kappa shape index (κ1) is 19.1. The number of aliphatic hydroxyl groups excluding tert-OH is 1. The molecule has 1 saturated carbocycles. The molecule has 3 aromatic rings. The van der Waals surface area contributed by atoms with Gasteiger partial charge in [-0.3, -0.25) is 14.0 Å². The van der Waals surface area contributed by atoms with Gasteiger partial charge in [-0.1, -0.05) is 18.9 Å². The minimum Gasteiger partial charge on any atom is -0.391 e. The van der Waals surface area contributed by atoms with Crippen LogP contribution < -0.4 is 10.6 Å². The van der Waals surface area contributed by atoms with Gasteiger partial charge in [-0.15, -0.1) is 0 Å². The van der Waals surface area contributed by atoms with Crippen LogP contribution in [0.25, 0.3) is 5.65 Å². The van der Waals surface area contributed by atoms with E-state index in [1.54, 1.807) is 28.8 Å². The van der Waals surface area contributed by atoms with Gasteiger partial charge in [0.1, 0.15) is 17.2 Å². The largest absolute Gasteiger partial charge is 0.391 e. The number of aliphatic hydroxyl groups is 1. The second kappa shape index (κ2) is 8.00. The zero-order valence-corrected chi connectivity index (χ0v) is 15.6. The second-order valence-electron chi connectivity index (χ2n) is 7.15. The van der Waals surface area contributed by atoms with Crippen LogP contribution in [0, 0.1) is 5.82 Å². The number of anilines is 1. The van der Waals surface area contributed by atoms with Crippen LogP contribution in [0.15, 0.2) is 48.8 Å². The summed E-state index contributed by atoms with van der Waals surface area (Å²) >= 11 is 0. The third-order valence-corrected chi connectivity index (χ3v) is 5.17. The number of amides is 2. The SMILES string of the molecule is O=C(NC1CCCCC1O)c1ccc(F)c(NC(=O)c2cnc3ccccn23)c1. The molecule has 2 heterocycles. The van der Waals surface area contributed by atoms with Gasteiger partial charge >= 0.3 is 0 Å². The first-order valence-electron chi connectivity index (χ1n) is 9.55. The summed E-state index contributed by atoms with van der Waals surface area (Å²) in [4.78, 5) is 29.3. The quantitative estimate of drug-likeness (QED) is 0.632. The van der Waals surface area contributed by atoms with Gasteiger partial charge in [0.2, 0.25) is 0 Å². The van der Waals surface area contributed by atoms with Crippen molar-refractivity contribution in [1.82, 2.24) is 14.7 Å². The number of hydrogen-bond donors (Lipinski definition) is 3. The molecule has 150 valence electrons. The molecule has 8 heteroatoms. The fourth-order valence-electron chi connectivity index (χ4n) is 3.58. The van der Waals surface area contributed by atoms with Crippen LogP contribution in [-0.4, -0.2) is 38.5 Å².